The van der Waals surface area contributed by atoms with Crippen LogP contribution in [0.1, 0.15) is 43.4 Å². The van der Waals surface area contributed by atoms with E-state index in [-0.39, 0.29) is 11.3 Å². The van der Waals surface area contributed by atoms with Crippen molar-refractivity contribution in [3.05, 3.63) is 34.9 Å². The van der Waals surface area contributed by atoms with Gasteiger partial charge in [0.15, 0.2) is 0 Å². The molecule has 1 N–H and O–H groups in total. The van der Waals surface area contributed by atoms with Gasteiger partial charge in [0, 0.05) is 5.41 Å². The van der Waals surface area contributed by atoms with Crippen molar-refractivity contribution in [1.29, 1.82) is 5.26 Å². The van der Waals surface area contributed by atoms with Gasteiger partial charge < -0.3 is 10.0 Å². The van der Waals surface area contributed by atoms with E-state index in [1.54, 1.807) is 0 Å². The minimum Gasteiger partial charge on any atom is -0.384 e. The largest absolute Gasteiger partial charge is 0.384 e. The molecule has 0 amide bonds. The van der Waals surface area contributed by atoms with Gasteiger partial charge in [-0.2, -0.15) is 5.26 Å². The van der Waals surface area contributed by atoms with Gasteiger partial charge in [-0.05, 0) is 68.6 Å². The number of benzene rings is 1. The van der Waals surface area contributed by atoms with E-state index in [4.69, 9.17) is 0 Å². The molecule has 3 rings (SSSR count). The molecule has 1 aliphatic carbocycles. The van der Waals surface area contributed by atoms with Gasteiger partial charge in [0.25, 0.3) is 0 Å². The van der Waals surface area contributed by atoms with Crippen LogP contribution in [0.2, 0.25) is 0 Å². The highest BCUT2D eigenvalue weighted by atomic mass is 16.3. The summed E-state index contributed by atoms with van der Waals surface area (Å²) in [5, 5.41) is 20.9. The quantitative estimate of drug-likeness (QED) is 0.862. The molecule has 1 unspecified atom stereocenters. The topological polar surface area (TPSA) is 47.3 Å². The van der Waals surface area contributed by atoms with E-state index in [0.717, 1.165) is 37.9 Å². The second-order valence-electron chi connectivity index (χ2n) is 7.39. The Morgan fingerprint density at radius 1 is 1.29 bits per heavy atom. The van der Waals surface area contributed by atoms with Crippen molar-refractivity contribution in [2.45, 2.75) is 38.7 Å². The second kappa shape index (κ2) is 4.83. The first-order valence-electron chi connectivity index (χ1n) is 7.83. The van der Waals surface area contributed by atoms with E-state index in [2.05, 4.69) is 31.9 Å². The molecule has 3 heteroatoms. The zero-order valence-electron chi connectivity index (χ0n) is 13.2. The number of nitriles is 1. The first-order valence-corrected chi connectivity index (χ1v) is 7.83. The lowest BCUT2D eigenvalue weighted by atomic mass is 9.65. The van der Waals surface area contributed by atoms with Crippen molar-refractivity contribution in [3.8, 4) is 6.07 Å². The monoisotopic (exact) mass is 284 g/mol. The normalized spacial score (nSPS) is 29.1. The molecule has 0 spiro atoms. The van der Waals surface area contributed by atoms with Gasteiger partial charge >= 0.3 is 0 Å². The van der Waals surface area contributed by atoms with Gasteiger partial charge in [-0.1, -0.05) is 19.9 Å². The number of likely N-dealkylation sites (tertiary alicyclic amines) is 1. The highest BCUT2D eigenvalue weighted by Crippen LogP contribution is 2.56. The van der Waals surface area contributed by atoms with Crippen molar-refractivity contribution < 1.29 is 5.11 Å². The fourth-order valence-corrected chi connectivity index (χ4v) is 4.33. The standard InChI is InChI=1S/C18H24N2O/c1-17(2)11-14-5-4-13(12-19)10-16(14)18(17,21)15-6-8-20(3)9-7-15/h4-5,10,15,21H,6-9,11H2,1-3H3. The van der Waals surface area contributed by atoms with Gasteiger partial charge in [0.1, 0.15) is 0 Å². The number of fused-ring (bicyclic) bond motifs is 1. The van der Waals surface area contributed by atoms with Crippen LogP contribution in [0.3, 0.4) is 0 Å². The average molecular weight is 284 g/mol. The molecule has 0 bridgehead atoms. The molecule has 2 aliphatic rings. The molecule has 1 aromatic carbocycles. The zero-order chi connectivity index (χ0) is 15.3. The Morgan fingerprint density at radius 3 is 2.57 bits per heavy atom. The van der Waals surface area contributed by atoms with Crippen LogP contribution in [0.25, 0.3) is 0 Å². The molecule has 0 saturated carbocycles. The molecule has 0 aromatic heterocycles. The number of piperidine rings is 1. The van der Waals surface area contributed by atoms with Crippen LogP contribution in [0.5, 0.6) is 0 Å². The third-order valence-electron chi connectivity index (χ3n) is 5.62. The predicted octanol–water partition coefficient (Wildman–Crippen LogP) is 2.67. The third kappa shape index (κ3) is 2.09. The van der Waals surface area contributed by atoms with E-state index in [1.165, 1.54) is 5.56 Å². The maximum Gasteiger partial charge on any atom is 0.0991 e. The number of hydrogen-bond donors (Lipinski definition) is 1. The lowest BCUT2D eigenvalue weighted by Crippen LogP contribution is -2.49. The smallest absolute Gasteiger partial charge is 0.0991 e. The highest BCUT2D eigenvalue weighted by Gasteiger charge is 2.55. The molecular weight excluding hydrogens is 260 g/mol. The van der Waals surface area contributed by atoms with Crippen molar-refractivity contribution in [3.63, 3.8) is 0 Å². The zero-order valence-corrected chi connectivity index (χ0v) is 13.2. The summed E-state index contributed by atoms with van der Waals surface area (Å²) in [6.07, 6.45) is 2.93. The number of hydrogen-bond acceptors (Lipinski definition) is 3. The molecular formula is C18H24N2O. The Balaban J connectivity index is 2.06. The lowest BCUT2D eigenvalue weighted by molar-refractivity contribution is -0.121. The third-order valence-corrected chi connectivity index (χ3v) is 5.62. The lowest BCUT2D eigenvalue weighted by Gasteiger charge is -2.46. The molecule has 1 saturated heterocycles. The minimum atomic E-state index is -0.809. The Kier molecular flexibility index (Phi) is 3.35. The van der Waals surface area contributed by atoms with Crippen LogP contribution in [0, 0.1) is 22.7 Å². The summed E-state index contributed by atoms with van der Waals surface area (Å²) in [7, 11) is 2.14. The fraction of sp³-hybridized carbons (Fsp3) is 0.611. The average Bonchev–Trinajstić information content (AvgIpc) is 2.67. The van der Waals surface area contributed by atoms with Crippen LogP contribution in [-0.2, 0) is 12.0 Å². The van der Waals surface area contributed by atoms with Crippen LogP contribution in [-0.4, -0.2) is 30.1 Å². The Labute approximate surface area is 127 Å². The van der Waals surface area contributed by atoms with Gasteiger partial charge in [-0.3, -0.25) is 0 Å². The predicted molar refractivity (Wildman–Crippen MR) is 82.8 cm³/mol. The summed E-state index contributed by atoms with van der Waals surface area (Å²) in [5.74, 6) is 0.277. The maximum atomic E-state index is 11.7. The van der Waals surface area contributed by atoms with Gasteiger partial charge in [0.05, 0.1) is 17.2 Å². The van der Waals surface area contributed by atoms with Crippen molar-refractivity contribution in [2.75, 3.05) is 20.1 Å². The highest BCUT2D eigenvalue weighted by molar-refractivity contribution is 5.47. The summed E-state index contributed by atoms with van der Waals surface area (Å²) >= 11 is 0. The summed E-state index contributed by atoms with van der Waals surface area (Å²) in [5.41, 5.74) is 1.87. The van der Waals surface area contributed by atoms with Crippen LogP contribution in [0.4, 0.5) is 0 Å². The Hall–Kier alpha value is -1.37. The van der Waals surface area contributed by atoms with E-state index in [1.807, 2.05) is 18.2 Å². The van der Waals surface area contributed by atoms with Crippen LogP contribution in [0.15, 0.2) is 18.2 Å². The van der Waals surface area contributed by atoms with Gasteiger partial charge in [0.2, 0.25) is 0 Å². The van der Waals surface area contributed by atoms with Gasteiger partial charge in [-0.15, -0.1) is 0 Å². The second-order valence-corrected chi connectivity index (χ2v) is 7.39. The van der Waals surface area contributed by atoms with Crippen molar-refractivity contribution in [2.24, 2.45) is 11.3 Å². The molecule has 21 heavy (non-hydrogen) atoms. The first-order chi connectivity index (χ1) is 9.88. The molecule has 1 aliphatic heterocycles. The molecule has 1 fully saturated rings. The molecule has 0 radical (unpaired) electrons. The minimum absolute atomic E-state index is 0.177. The first kappa shape index (κ1) is 14.6. The van der Waals surface area contributed by atoms with Crippen molar-refractivity contribution >= 4 is 0 Å². The molecule has 1 atom stereocenters. The maximum absolute atomic E-state index is 11.7. The van der Waals surface area contributed by atoms with E-state index >= 15 is 0 Å². The molecule has 1 heterocycles. The van der Waals surface area contributed by atoms with Gasteiger partial charge in [-0.25, -0.2) is 0 Å². The summed E-state index contributed by atoms with van der Waals surface area (Å²) in [6, 6.07) is 8.03. The number of rotatable bonds is 1. The molecule has 3 nitrogen and oxygen atoms in total. The van der Waals surface area contributed by atoms with Crippen LogP contribution < -0.4 is 0 Å². The number of aliphatic hydroxyl groups is 1. The van der Waals surface area contributed by atoms with Crippen LogP contribution >= 0.6 is 0 Å². The fourth-order valence-electron chi connectivity index (χ4n) is 4.33. The van der Waals surface area contributed by atoms with E-state index < -0.39 is 5.60 Å². The summed E-state index contributed by atoms with van der Waals surface area (Å²) in [4.78, 5) is 2.33. The summed E-state index contributed by atoms with van der Waals surface area (Å²) < 4.78 is 0. The SMILES string of the molecule is CN1CCC(C2(O)c3cc(C#N)ccc3CC2(C)C)CC1. The Bertz CT molecular complexity index is 594. The van der Waals surface area contributed by atoms with E-state index in [0.29, 0.717) is 5.56 Å². The number of nitrogens with zero attached hydrogens (tertiary/aromatic N) is 2. The summed E-state index contributed by atoms with van der Waals surface area (Å²) in [6.45, 7) is 6.40. The molecule has 112 valence electrons. The van der Waals surface area contributed by atoms with E-state index in [9.17, 15) is 10.4 Å². The van der Waals surface area contributed by atoms with Crippen molar-refractivity contribution in [1.82, 2.24) is 4.90 Å². The molecule has 1 aromatic rings. The Morgan fingerprint density at radius 2 is 1.95 bits per heavy atom.